The van der Waals surface area contributed by atoms with E-state index in [2.05, 4.69) is 24.0 Å². The van der Waals surface area contributed by atoms with Crippen molar-refractivity contribution in [2.45, 2.75) is 25.5 Å². The minimum absolute atomic E-state index is 0.0807. The first-order valence-corrected chi connectivity index (χ1v) is 14.2. The van der Waals surface area contributed by atoms with Gasteiger partial charge in [0.05, 0.1) is 0 Å². The second-order valence-electron chi connectivity index (χ2n) is 10.5. The molecule has 4 aromatic carbocycles. The van der Waals surface area contributed by atoms with E-state index in [0.717, 1.165) is 52.1 Å². The van der Waals surface area contributed by atoms with Crippen LogP contribution < -0.4 is 10.5 Å². The van der Waals surface area contributed by atoms with E-state index in [1.807, 2.05) is 74.8 Å². The molecule has 0 heterocycles. The lowest BCUT2D eigenvalue weighted by molar-refractivity contribution is -0.162. The lowest BCUT2D eigenvalue weighted by Crippen LogP contribution is -2.52. The molecule has 0 fully saturated rings. The van der Waals surface area contributed by atoms with E-state index in [9.17, 15) is 14.7 Å². The molecule has 7 heteroatoms. The second kappa shape index (κ2) is 14.4. The maximum atomic E-state index is 13.1. The van der Waals surface area contributed by atoms with Crippen molar-refractivity contribution < 1.29 is 24.2 Å². The molecule has 7 nitrogen and oxygen atoms in total. The summed E-state index contributed by atoms with van der Waals surface area (Å²) in [4.78, 5) is 27.5. The Labute approximate surface area is 253 Å². The highest BCUT2D eigenvalue weighted by Gasteiger charge is 2.46. The van der Waals surface area contributed by atoms with E-state index in [4.69, 9.17) is 15.2 Å². The van der Waals surface area contributed by atoms with E-state index in [1.54, 1.807) is 36.4 Å². The first-order valence-electron chi connectivity index (χ1n) is 14.2. The summed E-state index contributed by atoms with van der Waals surface area (Å²) in [6, 6.07) is 33.9. The topological polar surface area (TPSA) is 102 Å². The van der Waals surface area contributed by atoms with Crippen molar-refractivity contribution >= 4 is 23.1 Å². The van der Waals surface area contributed by atoms with E-state index < -0.39 is 17.5 Å². The normalized spacial score (nSPS) is 13.1. The highest BCUT2D eigenvalue weighted by Crippen LogP contribution is 2.36. The molecule has 4 aromatic rings. The smallest absolute Gasteiger partial charge is 0.342 e. The van der Waals surface area contributed by atoms with Crippen molar-refractivity contribution in [3.63, 3.8) is 0 Å². The molecule has 0 aliphatic rings. The Bertz CT molecular complexity index is 1530. The van der Waals surface area contributed by atoms with Crippen LogP contribution in [0.4, 0.5) is 0 Å². The SMILES string of the molecule is CC/C(=C(/c1ccc(OCCN(C)C)cc1)c1ccc(C(N)(C(=O)O)C(=O)OCc2ccccc2)cc1)c1ccccc1. The number of rotatable bonds is 13. The first kappa shape index (κ1) is 31.2. The molecule has 3 N–H and O–H groups in total. The largest absolute Gasteiger partial charge is 0.492 e. The first-order chi connectivity index (χ1) is 20.7. The van der Waals surface area contributed by atoms with Crippen molar-refractivity contribution in [2.75, 3.05) is 27.2 Å². The van der Waals surface area contributed by atoms with Gasteiger partial charge in [-0.1, -0.05) is 104 Å². The number of carbonyl (C=O) groups is 2. The quantitative estimate of drug-likeness (QED) is 0.114. The van der Waals surface area contributed by atoms with Gasteiger partial charge >= 0.3 is 11.9 Å². The van der Waals surface area contributed by atoms with Gasteiger partial charge in [-0.3, -0.25) is 0 Å². The zero-order chi connectivity index (χ0) is 30.8. The number of carboxylic acids is 1. The number of hydrogen-bond acceptors (Lipinski definition) is 6. The summed E-state index contributed by atoms with van der Waals surface area (Å²) in [5, 5.41) is 10.1. The molecule has 0 amide bonds. The van der Waals surface area contributed by atoms with E-state index in [1.165, 1.54) is 0 Å². The molecular weight excluding hydrogens is 540 g/mol. The molecule has 0 saturated carbocycles. The lowest BCUT2D eigenvalue weighted by atomic mass is 9.85. The van der Waals surface area contributed by atoms with Gasteiger partial charge in [-0.25, -0.2) is 9.59 Å². The zero-order valence-electron chi connectivity index (χ0n) is 24.8. The molecular formula is C36H38N2O5. The third kappa shape index (κ3) is 7.57. The molecule has 0 saturated heterocycles. The molecule has 43 heavy (non-hydrogen) atoms. The van der Waals surface area contributed by atoms with Crippen LogP contribution >= 0.6 is 0 Å². The number of aliphatic carboxylic acids is 1. The van der Waals surface area contributed by atoms with Gasteiger partial charge in [0, 0.05) is 6.54 Å². The van der Waals surface area contributed by atoms with Crippen molar-refractivity contribution in [2.24, 2.45) is 5.73 Å². The van der Waals surface area contributed by atoms with Gasteiger partial charge in [0.2, 0.25) is 5.54 Å². The predicted molar refractivity (Wildman–Crippen MR) is 169 cm³/mol. The number of carboxylic acid groups (broad SMARTS) is 1. The van der Waals surface area contributed by atoms with Gasteiger partial charge in [0.1, 0.15) is 19.0 Å². The summed E-state index contributed by atoms with van der Waals surface area (Å²) in [5.74, 6) is -1.74. The van der Waals surface area contributed by atoms with Crippen molar-refractivity contribution in [3.05, 3.63) is 137 Å². The number of likely N-dealkylation sites (N-methyl/N-ethyl adjacent to an activating group) is 1. The molecule has 0 aliphatic heterocycles. The van der Waals surface area contributed by atoms with E-state index in [0.29, 0.717) is 6.61 Å². The molecule has 0 aliphatic carbocycles. The van der Waals surface area contributed by atoms with E-state index >= 15 is 0 Å². The highest BCUT2D eigenvalue weighted by molar-refractivity contribution is 6.05. The van der Waals surface area contributed by atoms with Crippen LogP contribution in [0, 0.1) is 0 Å². The number of esters is 1. The Hall–Kier alpha value is -4.72. The van der Waals surface area contributed by atoms with Gasteiger partial charge in [-0.05, 0) is 71.6 Å². The zero-order valence-corrected chi connectivity index (χ0v) is 24.8. The average Bonchev–Trinajstić information content (AvgIpc) is 3.03. The molecule has 0 radical (unpaired) electrons. The number of benzene rings is 4. The standard InChI is InChI=1S/C36H38N2O5/c1-4-32(27-13-9-6-10-14-27)33(29-17-21-31(22-18-29)42-24-23-38(2)3)28-15-19-30(20-16-28)36(37,34(39)40)35(41)43-25-26-11-7-5-8-12-26/h5-22H,4,23-25,37H2,1-3H3,(H,39,40)/b33-32-. The average molecular weight is 579 g/mol. The second-order valence-corrected chi connectivity index (χ2v) is 10.5. The summed E-state index contributed by atoms with van der Waals surface area (Å²) in [5.41, 5.74) is 9.78. The minimum atomic E-state index is -2.37. The fourth-order valence-electron chi connectivity index (χ4n) is 4.81. The van der Waals surface area contributed by atoms with E-state index in [-0.39, 0.29) is 12.2 Å². The molecule has 4 rings (SSSR count). The Balaban J connectivity index is 1.70. The Morgan fingerprint density at radius 1 is 0.791 bits per heavy atom. The molecule has 1 unspecified atom stereocenters. The summed E-state index contributed by atoms with van der Waals surface area (Å²) < 4.78 is 11.3. The number of nitrogens with zero attached hydrogens (tertiary/aromatic N) is 1. The molecule has 0 aromatic heterocycles. The van der Waals surface area contributed by atoms with Gasteiger partial charge in [-0.15, -0.1) is 0 Å². The van der Waals surface area contributed by atoms with Crippen LogP contribution in [0.1, 0.15) is 41.2 Å². The van der Waals surface area contributed by atoms with Crippen LogP contribution in [-0.2, 0) is 26.5 Å². The Morgan fingerprint density at radius 2 is 1.35 bits per heavy atom. The van der Waals surface area contributed by atoms with Crippen molar-refractivity contribution in [1.29, 1.82) is 0 Å². The Morgan fingerprint density at radius 3 is 1.88 bits per heavy atom. The number of nitrogens with two attached hydrogens (primary N) is 1. The summed E-state index contributed by atoms with van der Waals surface area (Å²) in [6.07, 6.45) is 0.754. The minimum Gasteiger partial charge on any atom is -0.492 e. The highest BCUT2D eigenvalue weighted by atomic mass is 16.5. The van der Waals surface area contributed by atoms with Crippen LogP contribution in [0.2, 0.25) is 0 Å². The molecule has 0 spiro atoms. The van der Waals surface area contributed by atoms with Gasteiger partial charge in [-0.2, -0.15) is 0 Å². The predicted octanol–water partition coefficient (Wildman–Crippen LogP) is 5.98. The monoisotopic (exact) mass is 578 g/mol. The third-order valence-corrected chi connectivity index (χ3v) is 7.23. The lowest BCUT2D eigenvalue weighted by Gasteiger charge is -2.24. The van der Waals surface area contributed by atoms with Gasteiger partial charge in [0.25, 0.3) is 0 Å². The van der Waals surface area contributed by atoms with Crippen LogP contribution in [0.3, 0.4) is 0 Å². The van der Waals surface area contributed by atoms with Crippen LogP contribution in [0.15, 0.2) is 109 Å². The number of ether oxygens (including phenoxy) is 2. The van der Waals surface area contributed by atoms with Crippen LogP contribution in [0.25, 0.3) is 11.1 Å². The fourth-order valence-corrected chi connectivity index (χ4v) is 4.81. The molecule has 222 valence electrons. The van der Waals surface area contributed by atoms with Crippen LogP contribution in [-0.4, -0.2) is 49.2 Å². The summed E-state index contributed by atoms with van der Waals surface area (Å²) in [6.45, 7) is 3.42. The maximum absolute atomic E-state index is 13.1. The summed E-state index contributed by atoms with van der Waals surface area (Å²) >= 11 is 0. The Kier molecular flexibility index (Phi) is 10.5. The third-order valence-electron chi connectivity index (χ3n) is 7.23. The maximum Gasteiger partial charge on any atom is 0.342 e. The fraction of sp³-hybridized carbons (Fsp3) is 0.222. The number of hydrogen-bond donors (Lipinski definition) is 2. The number of allylic oxidation sites excluding steroid dienone is 1. The van der Waals surface area contributed by atoms with Gasteiger partial charge in [0.15, 0.2) is 0 Å². The van der Waals surface area contributed by atoms with Crippen LogP contribution in [0.5, 0.6) is 5.75 Å². The van der Waals surface area contributed by atoms with Crippen molar-refractivity contribution in [1.82, 2.24) is 4.90 Å². The molecule has 1 atom stereocenters. The van der Waals surface area contributed by atoms with Gasteiger partial charge < -0.3 is 25.2 Å². The van der Waals surface area contributed by atoms with Crippen molar-refractivity contribution in [3.8, 4) is 5.75 Å². The summed E-state index contributed by atoms with van der Waals surface area (Å²) in [7, 11) is 4.01. The molecule has 0 bridgehead atoms. The number of carbonyl (C=O) groups excluding carboxylic acids is 1.